The summed E-state index contributed by atoms with van der Waals surface area (Å²) in [6.45, 7) is 5.29. The summed E-state index contributed by atoms with van der Waals surface area (Å²) >= 11 is 0. The number of carbonyl (C=O) groups excluding carboxylic acids is 2. The fourth-order valence-electron chi connectivity index (χ4n) is 2.71. The largest absolute Gasteiger partial charge is 0.352 e. The fourth-order valence-corrected chi connectivity index (χ4v) is 2.71. The molecule has 120 valence electrons. The zero-order chi connectivity index (χ0) is 16.2. The Balaban J connectivity index is 2.00. The summed E-state index contributed by atoms with van der Waals surface area (Å²) in [7, 11) is 0. The van der Waals surface area contributed by atoms with Gasteiger partial charge in [-0.1, -0.05) is 37.5 Å². The van der Waals surface area contributed by atoms with E-state index in [0.717, 1.165) is 36.9 Å². The summed E-state index contributed by atoms with van der Waals surface area (Å²) in [5.74, 6) is -0.458. The average Bonchev–Trinajstić information content (AvgIpc) is 2.50. The van der Waals surface area contributed by atoms with E-state index in [9.17, 15) is 9.59 Å². The highest BCUT2D eigenvalue weighted by Crippen LogP contribution is 2.23. The first-order valence-electron chi connectivity index (χ1n) is 8.09. The van der Waals surface area contributed by atoms with Gasteiger partial charge in [-0.3, -0.25) is 9.59 Å². The van der Waals surface area contributed by atoms with Gasteiger partial charge in [0.25, 0.3) is 0 Å². The highest BCUT2D eigenvalue weighted by Gasteiger charge is 2.37. The number of amides is 2. The number of hydrogen-bond donors (Lipinski definition) is 2. The molecule has 0 saturated heterocycles. The highest BCUT2D eigenvalue weighted by atomic mass is 16.2. The van der Waals surface area contributed by atoms with Gasteiger partial charge in [-0.2, -0.15) is 0 Å². The van der Waals surface area contributed by atoms with E-state index in [-0.39, 0.29) is 17.9 Å². The lowest BCUT2D eigenvalue weighted by Crippen LogP contribution is -2.49. The van der Waals surface area contributed by atoms with Gasteiger partial charge in [0.2, 0.25) is 11.8 Å². The maximum absolute atomic E-state index is 12.5. The van der Waals surface area contributed by atoms with Gasteiger partial charge in [0, 0.05) is 11.7 Å². The molecule has 22 heavy (non-hydrogen) atoms. The smallest absolute Gasteiger partial charge is 0.239 e. The Morgan fingerprint density at radius 2 is 1.68 bits per heavy atom. The molecule has 0 bridgehead atoms. The Morgan fingerprint density at radius 3 is 2.32 bits per heavy atom. The standard InChI is InChI=1S/C18H26N2O2/c1-13-9-7-8-12-15(13)20-17(22)18(2,3)16(21)19-14-10-5-4-6-11-14/h7-9,12,14H,4-6,10-11H2,1-3H3,(H,19,21)(H,20,22). The molecule has 2 N–H and O–H groups in total. The van der Waals surface area contributed by atoms with E-state index in [4.69, 9.17) is 0 Å². The molecule has 4 heteroatoms. The predicted octanol–water partition coefficient (Wildman–Crippen LogP) is 3.41. The van der Waals surface area contributed by atoms with Crippen molar-refractivity contribution in [3.8, 4) is 0 Å². The number of para-hydroxylation sites is 1. The number of aryl methyl sites for hydroxylation is 1. The predicted molar refractivity (Wildman–Crippen MR) is 88.6 cm³/mol. The van der Waals surface area contributed by atoms with Crippen LogP contribution in [0.25, 0.3) is 0 Å². The van der Waals surface area contributed by atoms with Crippen LogP contribution in [-0.2, 0) is 9.59 Å². The molecule has 1 aromatic rings. The number of carbonyl (C=O) groups is 2. The maximum Gasteiger partial charge on any atom is 0.239 e. The van der Waals surface area contributed by atoms with Crippen LogP contribution in [0.3, 0.4) is 0 Å². The first kappa shape index (κ1) is 16.5. The van der Waals surface area contributed by atoms with Crippen molar-refractivity contribution < 1.29 is 9.59 Å². The normalized spacial score (nSPS) is 16.1. The first-order chi connectivity index (χ1) is 10.4. The van der Waals surface area contributed by atoms with Crippen LogP contribution in [-0.4, -0.2) is 17.9 Å². The van der Waals surface area contributed by atoms with Gasteiger partial charge in [-0.15, -0.1) is 0 Å². The Hall–Kier alpha value is -1.84. The average molecular weight is 302 g/mol. The third-order valence-electron chi connectivity index (χ3n) is 4.47. The minimum absolute atomic E-state index is 0.189. The van der Waals surface area contributed by atoms with E-state index >= 15 is 0 Å². The number of rotatable bonds is 4. The van der Waals surface area contributed by atoms with Crippen molar-refractivity contribution >= 4 is 17.5 Å². The maximum atomic E-state index is 12.5. The van der Waals surface area contributed by atoms with E-state index in [0.29, 0.717) is 0 Å². The van der Waals surface area contributed by atoms with Crippen molar-refractivity contribution in [1.82, 2.24) is 5.32 Å². The van der Waals surface area contributed by atoms with Gasteiger partial charge in [0.05, 0.1) is 0 Å². The van der Waals surface area contributed by atoms with Crippen molar-refractivity contribution in [3.05, 3.63) is 29.8 Å². The van der Waals surface area contributed by atoms with Crippen LogP contribution in [0, 0.1) is 12.3 Å². The fraction of sp³-hybridized carbons (Fsp3) is 0.556. The van der Waals surface area contributed by atoms with Gasteiger partial charge in [-0.25, -0.2) is 0 Å². The lowest BCUT2D eigenvalue weighted by atomic mass is 9.88. The van der Waals surface area contributed by atoms with Gasteiger partial charge < -0.3 is 10.6 Å². The number of hydrogen-bond acceptors (Lipinski definition) is 2. The first-order valence-corrected chi connectivity index (χ1v) is 8.09. The molecule has 1 saturated carbocycles. The molecule has 1 aromatic carbocycles. The molecule has 4 nitrogen and oxygen atoms in total. The second-order valence-electron chi connectivity index (χ2n) is 6.70. The molecular weight excluding hydrogens is 276 g/mol. The number of benzene rings is 1. The lowest BCUT2D eigenvalue weighted by Gasteiger charge is -2.28. The van der Waals surface area contributed by atoms with Crippen molar-refractivity contribution in [2.24, 2.45) is 5.41 Å². The molecule has 1 aliphatic carbocycles. The van der Waals surface area contributed by atoms with E-state index in [1.54, 1.807) is 13.8 Å². The SMILES string of the molecule is Cc1ccccc1NC(=O)C(C)(C)C(=O)NC1CCCCC1. The Bertz CT molecular complexity index is 546. The topological polar surface area (TPSA) is 58.2 Å². The second kappa shape index (κ2) is 6.95. The monoisotopic (exact) mass is 302 g/mol. The molecule has 2 rings (SSSR count). The van der Waals surface area contributed by atoms with Crippen LogP contribution in [0.1, 0.15) is 51.5 Å². The van der Waals surface area contributed by atoms with Crippen LogP contribution in [0.4, 0.5) is 5.69 Å². The summed E-state index contributed by atoms with van der Waals surface area (Å²) in [4.78, 5) is 25.0. The minimum atomic E-state index is -1.08. The molecule has 1 fully saturated rings. The summed E-state index contributed by atoms with van der Waals surface area (Å²) < 4.78 is 0. The zero-order valence-corrected chi connectivity index (χ0v) is 13.7. The third kappa shape index (κ3) is 3.87. The van der Waals surface area contributed by atoms with Crippen LogP contribution in [0.15, 0.2) is 24.3 Å². The summed E-state index contributed by atoms with van der Waals surface area (Å²) in [6.07, 6.45) is 5.58. The van der Waals surface area contributed by atoms with Crippen molar-refractivity contribution in [3.63, 3.8) is 0 Å². The van der Waals surface area contributed by atoms with E-state index in [1.165, 1.54) is 6.42 Å². The van der Waals surface area contributed by atoms with Crippen LogP contribution < -0.4 is 10.6 Å². The molecule has 0 spiro atoms. The number of anilines is 1. The lowest BCUT2D eigenvalue weighted by molar-refractivity contribution is -0.139. The Kier molecular flexibility index (Phi) is 5.22. The van der Waals surface area contributed by atoms with Crippen LogP contribution in [0.2, 0.25) is 0 Å². The van der Waals surface area contributed by atoms with Gasteiger partial charge in [0.1, 0.15) is 5.41 Å². The van der Waals surface area contributed by atoms with E-state index in [1.807, 2.05) is 31.2 Å². The summed E-state index contributed by atoms with van der Waals surface area (Å²) in [5.41, 5.74) is 0.657. The second-order valence-corrected chi connectivity index (χ2v) is 6.70. The highest BCUT2D eigenvalue weighted by molar-refractivity contribution is 6.10. The molecule has 0 unspecified atom stereocenters. The van der Waals surface area contributed by atoms with Gasteiger partial charge in [0.15, 0.2) is 0 Å². The Morgan fingerprint density at radius 1 is 1.05 bits per heavy atom. The Labute approximate surface area is 132 Å². The van der Waals surface area contributed by atoms with Crippen LogP contribution >= 0.6 is 0 Å². The molecule has 0 aromatic heterocycles. The van der Waals surface area contributed by atoms with Gasteiger partial charge >= 0.3 is 0 Å². The molecule has 0 aliphatic heterocycles. The quantitative estimate of drug-likeness (QED) is 0.837. The van der Waals surface area contributed by atoms with Crippen molar-refractivity contribution in [1.29, 1.82) is 0 Å². The van der Waals surface area contributed by atoms with Crippen LogP contribution in [0.5, 0.6) is 0 Å². The van der Waals surface area contributed by atoms with E-state index in [2.05, 4.69) is 10.6 Å². The minimum Gasteiger partial charge on any atom is -0.352 e. The summed E-state index contributed by atoms with van der Waals surface area (Å²) in [6, 6.07) is 7.79. The third-order valence-corrected chi connectivity index (χ3v) is 4.47. The molecule has 0 atom stereocenters. The molecule has 0 radical (unpaired) electrons. The summed E-state index contributed by atoms with van der Waals surface area (Å²) in [5, 5.41) is 5.91. The molecule has 0 heterocycles. The zero-order valence-electron chi connectivity index (χ0n) is 13.7. The van der Waals surface area contributed by atoms with E-state index < -0.39 is 5.41 Å². The molecule has 2 amide bonds. The van der Waals surface area contributed by atoms with Gasteiger partial charge in [-0.05, 0) is 45.2 Å². The van der Waals surface area contributed by atoms with Crippen molar-refractivity contribution in [2.45, 2.75) is 58.9 Å². The van der Waals surface area contributed by atoms with Crippen molar-refractivity contribution in [2.75, 3.05) is 5.32 Å². The number of nitrogens with one attached hydrogen (secondary N) is 2. The molecule has 1 aliphatic rings. The molecular formula is C18H26N2O2.